The fourth-order valence-electron chi connectivity index (χ4n) is 5.82. The molecule has 6 unspecified atom stereocenters. The topological polar surface area (TPSA) is 210 Å². The minimum Gasteiger partial charge on any atom is -0.462 e. The van der Waals surface area contributed by atoms with E-state index in [1.165, 1.54) is 70.6 Å². The molecule has 13 nitrogen and oxygen atoms in total. The molecule has 14 heteroatoms. The maximum atomic E-state index is 12.7. The van der Waals surface area contributed by atoms with E-state index in [0.29, 0.717) is 12.8 Å². The molecule has 0 aromatic carbocycles. The van der Waals surface area contributed by atoms with Gasteiger partial charge in [-0.05, 0) is 12.8 Å². The largest absolute Gasteiger partial charge is 0.472 e. The SMILES string of the molecule is CCCCCCCCCCCCCC(=O)OC(COC(=O)CCCCCCCCCCC)COP(=O)(O)OC1C(O)C(O)C(O)C(O)C1O. The molecule has 1 rings (SSSR count). The molecule has 6 N–H and O–H groups in total. The lowest BCUT2D eigenvalue weighted by Gasteiger charge is -2.41. The number of aliphatic hydroxyl groups excluding tert-OH is 5. The predicted molar refractivity (Wildman–Crippen MR) is 184 cm³/mol. The van der Waals surface area contributed by atoms with Crippen LogP contribution in [0, 0.1) is 0 Å². The molecule has 1 aliphatic carbocycles. The maximum absolute atomic E-state index is 12.7. The van der Waals surface area contributed by atoms with E-state index in [9.17, 15) is 44.6 Å². The summed E-state index contributed by atoms with van der Waals surface area (Å²) >= 11 is 0. The summed E-state index contributed by atoms with van der Waals surface area (Å²) in [5, 5.41) is 49.8. The number of hydrogen-bond donors (Lipinski definition) is 6. The maximum Gasteiger partial charge on any atom is 0.472 e. The van der Waals surface area contributed by atoms with Crippen molar-refractivity contribution in [2.75, 3.05) is 13.2 Å². The zero-order valence-electron chi connectivity index (χ0n) is 30.0. The minimum absolute atomic E-state index is 0.103. The zero-order chi connectivity index (χ0) is 36.5. The molecule has 6 atom stereocenters. The number of rotatable bonds is 30. The van der Waals surface area contributed by atoms with Gasteiger partial charge in [0, 0.05) is 12.8 Å². The second-order valence-corrected chi connectivity index (χ2v) is 14.9. The third kappa shape index (κ3) is 21.1. The van der Waals surface area contributed by atoms with Gasteiger partial charge in [0.2, 0.25) is 0 Å². The van der Waals surface area contributed by atoms with Crippen LogP contribution in [-0.4, -0.2) is 98.3 Å². The van der Waals surface area contributed by atoms with E-state index in [2.05, 4.69) is 13.8 Å². The summed E-state index contributed by atoms with van der Waals surface area (Å²) in [6.07, 6.45) is 9.12. The van der Waals surface area contributed by atoms with Gasteiger partial charge >= 0.3 is 19.8 Å². The van der Waals surface area contributed by atoms with Crippen molar-refractivity contribution in [1.82, 2.24) is 0 Å². The third-order valence-corrected chi connectivity index (χ3v) is 9.93. The van der Waals surface area contributed by atoms with Crippen LogP contribution in [0.3, 0.4) is 0 Å². The monoisotopic (exact) mass is 726 g/mol. The van der Waals surface area contributed by atoms with Crippen molar-refractivity contribution in [2.24, 2.45) is 0 Å². The van der Waals surface area contributed by atoms with E-state index < -0.39 is 75.7 Å². The highest BCUT2D eigenvalue weighted by atomic mass is 31.2. The summed E-state index contributed by atoms with van der Waals surface area (Å²) in [5.74, 6) is -1.10. The molecule has 0 spiro atoms. The van der Waals surface area contributed by atoms with E-state index in [0.717, 1.165) is 44.9 Å². The highest BCUT2D eigenvalue weighted by molar-refractivity contribution is 7.47. The molecule has 1 aliphatic rings. The smallest absolute Gasteiger partial charge is 0.462 e. The van der Waals surface area contributed by atoms with Crippen molar-refractivity contribution in [3.8, 4) is 0 Å². The fraction of sp³-hybridized carbons (Fsp3) is 0.943. The van der Waals surface area contributed by atoms with Crippen molar-refractivity contribution in [1.29, 1.82) is 0 Å². The lowest BCUT2D eigenvalue weighted by Crippen LogP contribution is -2.64. The molecule has 0 aliphatic heterocycles. The summed E-state index contributed by atoms with van der Waals surface area (Å²) in [5.41, 5.74) is 0. The molecule has 290 valence electrons. The minimum atomic E-state index is -5.09. The van der Waals surface area contributed by atoms with Gasteiger partial charge in [0.1, 0.15) is 43.2 Å². The van der Waals surface area contributed by atoms with Crippen molar-refractivity contribution >= 4 is 19.8 Å². The molecule has 49 heavy (non-hydrogen) atoms. The van der Waals surface area contributed by atoms with Crippen LogP contribution in [0.4, 0.5) is 0 Å². The molecular formula is C35H67O13P. The number of unbranched alkanes of at least 4 members (excludes halogenated alkanes) is 18. The Balaban J connectivity index is 2.56. The van der Waals surface area contributed by atoms with Crippen molar-refractivity contribution in [3.05, 3.63) is 0 Å². The van der Waals surface area contributed by atoms with Gasteiger partial charge in [-0.15, -0.1) is 0 Å². The average molecular weight is 727 g/mol. The molecule has 0 saturated heterocycles. The van der Waals surface area contributed by atoms with Crippen molar-refractivity contribution < 1.29 is 63.1 Å². The van der Waals surface area contributed by atoms with Crippen LogP contribution in [0.5, 0.6) is 0 Å². The standard InChI is InChI=1S/C35H67O13P/c1-3-5-7-9-11-13-14-16-18-20-22-24-29(37)47-27(25-45-28(36)23-21-19-17-15-12-10-8-6-4-2)26-46-49(43,44)48-35-33(41)31(39)30(38)32(40)34(35)42/h27,30-35,38-42H,3-26H2,1-2H3,(H,43,44). The molecule has 0 aromatic rings. The van der Waals surface area contributed by atoms with Gasteiger partial charge in [-0.1, -0.05) is 129 Å². The van der Waals surface area contributed by atoms with Gasteiger partial charge < -0.3 is 39.9 Å². The summed E-state index contributed by atoms with van der Waals surface area (Å²) in [6, 6.07) is 0. The van der Waals surface area contributed by atoms with E-state index in [1.807, 2.05) is 0 Å². The van der Waals surface area contributed by atoms with Crippen LogP contribution in [-0.2, 0) is 32.7 Å². The Morgan fingerprint density at radius 1 is 0.551 bits per heavy atom. The van der Waals surface area contributed by atoms with Gasteiger partial charge in [0.25, 0.3) is 0 Å². The molecule has 0 aromatic heterocycles. The van der Waals surface area contributed by atoms with Gasteiger partial charge in [-0.25, -0.2) is 4.57 Å². The van der Waals surface area contributed by atoms with Gasteiger partial charge in [0.05, 0.1) is 6.61 Å². The van der Waals surface area contributed by atoms with Gasteiger partial charge in [0.15, 0.2) is 6.10 Å². The molecule has 1 fully saturated rings. The van der Waals surface area contributed by atoms with Crippen LogP contribution in [0.1, 0.15) is 155 Å². The molecule has 0 radical (unpaired) electrons. The number of hydrogen-bond acceptors (Lipinski definition) is 12. The number of carbonyl (C=O) groups is 2. The number of carbonyl (C=O) groups excluding carboxylic acids is 2. The van der Waals surface area contributed by atoms with E-state index in [4.69, 9.17) is 18.5 Å². The Morgan fingerprint density at radius 2 is 0.918 bits per heavy atom. The van der Waals surface area contributed by atoms with E-state index in [-0.39, 0.29) is 12.8 Å². The van der Waals surface area contributed by atoms with Crippen LogP contribution in [0.15, 0.2) is 0 Å². The number of ether oxygens (including phenoxy) is 2. The van der Waals surface area contributed by atoms with Crippen molar-refractivity contribution in [3.63, 3.8) is 0 Å². The van der Waals surface area contributed by atoms with Crippen LogP contribution < -0.4 is 0 Å². The quantitative estimate of drug-likeness (QED) is 0.0312. The normalized spacial score (nSPS) is 24.3. The molecular weight excluding hydrogens is 659 g/mol. The lowest BCUT2D eigenvalue weighted by molar-refractivity contribution is -0.220. The summed E-state index contributed by atoms with van der Waals surface area (Å²) in [7, 11) is -5.09. The Kier molecular flexibility index (Phi) is 25.7. The molecule has 0 heterocycles. The number of esters is 2. The second kappa shape index (κ2) is 27.5. The van der Waals surface area contributed by atoms with Gasteiger partial charge in [-0.2, -0.15) is 0 Å². The summed E-state index contributed by atoms with van der Waals surface area (Å²) in [6.45, 7) is 3.22. The average Bonchev–Trinajstić information content (AvgIpc) is 3.07. The molecule has 0 bridgehead atoms. The first kappa shape index (κ1) is 45.9. The molecule has 1 saturated carbocycles. The Bertz CT molecular complexity index is 891. The first-order valence-electron chi connectivity index (χ1n) is 18.8. The van der Waals surface area contributed by atoms with Crippen LogP contribution in [0.25, 0.3) is 0 Å². The number of phosphoric ester groups is 1. The second-order valence-electron chi connectivity index (χ2n) is 13.4. The van der Waals surface area contributed by atoms with E-state index in [1.54, 1.807) is 0 Å². The van der Waals surface area contributed by atoms with Crippen LogP contribution in [0.2, 0.25) is 0 Å². The van der Waals surface area contributed by atoms with Gasteiger partial charge in [-0.3, -0.25) is 18.6 Å². The lowest BCUT2D eigenvalue weighted by atomic mass is 9.85. The Hall–Kier alpha value is -1.15. The zero-order valence-corrected chi connectivity index (χ0v) is 30.9. The van der Waals surface area contributed by atoms with Crippen LogP contribution >= 0.6 is 7.82 Å². The first-order chi connectivity index (χ1) is 23.4. The molecule has 0 amide bonds. The fourth-order valence-corrected chi connectivity index (χ4v) is 6.79. The Labute approximate surface area is 293 Å². The first-order valence-corrected chi connectivity index (χ1v) is 20.3. The van der Waals surface area contributed by atoms with E-state index >= 15 is 0 Å². The summed E-state index contributed by atoms with van der Waals surface area (Å²) in [4.78, 5) is 35.3. The third-order valence-electron chi connectivity index (χ3n) is 8.95. The predicted octanol–water partition coefficient (Wildman–Crippen LogP) is 5.38. The highest BCUT2D eigenvalue weighted by Crippen LogP contribution is 2.47. The van der Waals surface area contributed by atoms with Crippen molar-refractivity contribution in [2.45, 2.75) is 198 Å². The highest BCUT2D eigenvalue weighted by Gasteiger charge is 2.51. The number of phosphoric acid groups is 1. The number of aliphatic hydroxyl groups is 5. The Morgan fingerprint density at radius 3 is 1.35 bits per heavy atom. The summed E-state index contributed by atoms with van der Waals surface area (Å²) < 4.78 is 33.2.